The molecule has 4 heterocycles. The molecule has 1 aromatic heterocycles. The predicted molar refractivity (Wildman–Crippen MR) is 144 cm³/mol. The number of rotatable bonds is 6. The van der Waals surface area contributed by atoms with Crippen LogP contribution in [0.4, 0.5) is 17.2 Å². The lowest BCUT2D eigenvalue weighted by Gasteiger charge is -2.36. The SMILES string of the molecule is CC(C)Oc1cc(N2CCC(N(C)C)CC2)ccc1Cc1ncc2c(n1)N1CCC[C@H]1CC(=O)N2C. The van der Waals surface area contributed by atoms with Crippen molar-refractivity contribution < 1.29 is 9.53 Å². The Bertz CT molecular complexity index is 1100. The molecule has 194 valence electrons. The first-order chi connectivity index (χ1) is 17.3. The van der Waals surface area contributed by atoms with Crippen molar-refractivity contribution in [2.45, 2.75) is 70.6 Å². The molecular weight excluding hydrogens is 452 g/mol. The molecule has 2 saturated heterocycles. The summed E-state index contributed by atoms with van der Waals surface area (Å²) in [6.45, 7) is 7.19. The van der Waals surface area contributed by atoms with Crippen molar-refractivity contribution in [1.82, 2.24) is 14.9 Å². The Balaban J connectivity index is 1.40. The van der Waals surface area contributed by atoms with E-state index in [0.29, 0.717) is 18.9 Å². The molecule has 0 N–H and O–H groups in total. The van der Waals surface area contributed by atoms with E-state index in [1.54, 1.807) is 4.90 Å². The van der Waals surface area contributed by atoms with E-state index < -0.39 is 0 Å². The molecule has 0 unspecified atom stereocenters. The summed E-state index contributed by atoms with van der Waals surface area (Å²) in [5.41, 5.74) is 3.12. The van der Waals surface area contributed by atoms with Gasteiger partial charge in [0.15, 0.2) is 5.82 Å². The standard InChI is InChI=1S/C28H40N6O2/c1-19(2)36-25-16-22(33-13-10-21(11-14-33)31(3)4)9-8-20(25)15-26-29-18-24-28(30-26)34-12-6-7-23(34)17-27(35)32(24)5/h8-9,16,18-19,21,23H,6-7,10-15,17H2,1-5H3/t23-/m0/s1. The van der Waals surface area contributed by atoms with Gasteiger partial charge in [0.05, 0.1) is 12.3 Å². The average molecular weight is 493 g/mol. The lowest BCUT2D eigenvalue weighted by atomic mass is 10.0. The second kappa shape index (κ2) is 10.2. The zero-order valence-electron chi connectivity index (χ0n) is 22.4. The van der Waals surface area contributed by atoms with Crippen molar-refractivity contribution in [2.24, 2.45) is 0 Å². The number of hydrogen-bond acceptors (Lipinski definition) is 7. The van der Waals surface area contributed by atoms with E-state index in [2.05, 4.69) is 65.8 Å². The predicted octanol–water partition coefficient (Wildman–Crippen LogP) is 3.72. The molecule has 0 radical (unpaired) electrons. The normalized spacial score (nSPS) is 20.7. The van der Waals surface area contributed by atoms with Crippen molar-refractivity contribution in [3.63, 3.8) is 0 Å². The number of aromatic nitrogens is 2. The monoisotopic (exact) mass is 492 g/mol. The zero-order valence-corrected chi connectivity index (χ0v) is 22.4. The van der Waals surface area contributed by atoms with Crippen molar-refractivity contribution in [3.8, 4) is 5.75 Å². The van der Waals surface area contributed by atoms with Crippen molar-refractivity contribution in [1.29, 1.82) is 0 Å². The molecule has 1 aromatic carbocycles. The molecule has 3 aliphatic rings. The van der Waals surface area contributed by atoms with Crippen LogP contribution in [0.3, 0.4) is 0 Å². The molecule has 8 nitrogen and oxygen atoms in total. The van der Waals surface area contributed by atoms with Gasteiger partial charge in [-0.25, -0.2) is 9.97 Å². The summed E-state index contributed by atoms with van der Waals surface area (Å²) in [5.74, 6) is 2.69. The van der Waals surface area contributed by atoms with Gasteiger partial charge in [-0.15, -0.1) is 0 Å². The first-order valence-electron chi connectivity index (χ1n) is 13.4. The quantitative estimate of drug-likeness (QED) is 0.609. The molecule has 0 bridgehead atoms. The van der Waals surface area contributed by atoms with Crippen molar-refractivity contribution >= 4 is 23.1 Å². The van der Waals surface area contributed by atoms with Crippen LogP contribution in [0.15, 0.2) is 24.4 Å². The van der Waals surface area contributed by atoms with Crippen molar-refractivity contribution in [2.75, 3.05) is 55.5 Å². The molecule has 0 saturated carbocycles. The average Bonchev–Trinajstić information content (AvgIpc) is 3.29. The fraction of sp³-hybridized carbons (Fsp3) is 0.607. The van der Waals surface area contributed by atoms with Gasteiger partial charge in [0.1, 0.15) is 17.3 Å². The summed E-state index contributed by atoms with van der Waals surface area (Å²) in [5, 5.41) is 0. The highest BCUT2D eigenvalue weighted by atomic mass is 16.5. The minimum Gasteiger partial charge on any atom is -0.491 e. The molecule has 8 heteroatoms. The zero-order chi connectivity index (χ0) is 25.4. The number of ether oxygens (including phenoxy) is 1. The fourth-order valence-corrected chi connectivity index (χ4v) is 5.79. The van der Waals surface area contributed by atoms with E-state index in [9.17, 15) is 4.79 Å². The summed E-state index contributed by atoms with van der Waals surface area (Å²) in [7, 11) is 6.18. The minimum absolute atomic E-state index is 0.0801. The molecule has 0 spiro atoms. The third-order valence-electron chi connectivity index (χ3n) is 7.92. The summed E-state index contributed by atoms with van der Waals surface area (Å²) in [4.78, 5) is 31.2. The van der Waals surface area contributed by atoms with E-state index >= 15 is 0 Å². The maximum absolute atomic E-state index is 12.7. The maximum Gasteiger partial charge on any atom is 0.228 e. The Morgan fingerprint density at radius 3 is 2.64 bits per heavy atom. The number of carbonyl (C=O) groups is 1. The molecule has 3 aliphatic heterocycles. The molecule has 1 atom stereocenters. The smallest absolute Gasteiger partial charge is 0.228 e. The van der Waals surface area contributed by atoms with E-state index in [1.807, 2.05) is 13.2 Å². The van der Waals surface area contributed by atoms with Gasteiger partial charge in [0.2, 0.25) is 5.91 Å². The van der Waals surface area contributed by atoms with Crippen LogP contribution in [0.1, 0.15) is 57.3 Å². The summed E-state index contributed by atoms with van der Waals surface area (Å²) >= 11 is 0. The van der Waals surface area contributed by atoms with Gasteiger partial charge in [-0.3, -0.25) is 4.79 Å². The van der Waals surface area contributed by atoms with E-state index in [-0.39, 0.29) is 18.1 Å². The highest BCUT2D eigenvalue weighted by Gasteiger charge is 2.35. The van der Waals surface area contributed by atoms with Gasteiger partial charge in [-0.2, -0.15) is 0 Å². The third-order valence-corrected chi connectivity index (χ3v) is 7.92. The Labute approximate surface area is 215 Å². The lowest BCUT2D eigenvalue weighted by molar-refractivity contribution is -0.118. The molecule has 2 fully saturated rings. The lowest BCUT2D eigenvalue weighted by Crippen LogP contribution is -2.42. The molecule has 0 aliphatic carbocycles. The molecule has 2 aromatic rings. The Morgan fingerprint density at radius 2 is 1.92 bits per heavy atom. The molecule has 1 amide bonds. The minimum atomic E-state index is 0.0801. The van der Waals surface area contributed by atoms with Gasteiger partial charge in [-0.1, -0.05) is 6.07 Å². The van der Waals surface area contributed by atoms with Gasteiger partial charge >= 0.3 is 0 Å². The van der Waals surface area contributed by atoms with Crippen LogP contribution in [-0.2, 0) is 11.2 Å². The Kier molecular flexibility index (Phi) is 7.06. The fourth-order valence-electron chi connectivity index (χ4n) is 5.79. The van der Waals surface area contributed by atoms with Crippen LogP contribution < -0.4 is 19.4 Å². The highest BCUT2D eigenvalue weighted by molar-refractivity contribution is 5.97. The van der Waals surface area contributed by atoms with Gasteiger partial charge in [0, 0.05) is 68.9 Å². The number of anilines is 3. The second-order valence-electron chi connectivity index (χ2n) is 11.0. The van der Waals surface area contributed by atoms with Crippen molar-refractivity contribution in [3.05, 3.63) is 35.8 Å². The summed E-state index contributed by atoms with van der Waals surface area (Å²) in [6, 6.07) is 7.47. The first kappa shape index (κ1) is 24.8. The largest absolute Gasteiger partial charge is 0.491 e. The van der Waals surface area contributed by atoms with E-state index in [0.717, 1.165) is 61.1 Å². The van der Waals surface area contributed by atoms with Crippen LogP contribution in [0.5, 0.6) is 5.75 Å². The number of piperidine rings is 1. The summed E-state index contributed by atoms with van der Waals surface area (Å²) < 4.78 is 6.29. The van der Waals surface area contributed by atoms with Gasteiger partial charge < -0.3 is 24.3 Å². The number of benzene rings is 1. The topological polar surface area (TPSA) is 65.0 Å². The van der Waals surface area contributed by atoms with Crippen LogP contribution in [-0.4, -0.2) is 79.7 Å². The van der Waals surface area contributed by atoms with Gasteiger partial charge in [-0.05, 0) is 59.7 Å². The number of hydrogen-bond donors (Lipinski definition) is 0. The maximum atomic E-state index is 12.7. The number of fused-ring (bicyclic) bond motifs is 3. The second-order valence-corrected chi connectivity index (χ2v) is 11.0. The molecule has 5 rings (SSSR count). The number of nitrogens with zero attached hydrogens (tertiary/aromatic N) is 6. The Hall–Kier alpha value is -2.87. The van der Waals surface area contributed by atoms with Crippen LogP contribution in [0.25, 0.3) is 0 Å². The molecule has 36 heavy (non-hydrogen) atoms. The van der Waals surface area contributed by atoms with Crippen LogP contribution >= 0.6 is 0 Å². The van der Waals surface area contributed by atoms with E-state index in [4.69, 9.17) is 9.72 Å². The highest BCUT2D eigenvalue weighted by Crippen LogP contribution is 2.37. The van der Waals surface area contributed by atoms with Gasteiger partial charge in [0.25, 0.3) is 0 Å². The van der Waals surface area contributed by atoms with E-state index in [1.165, 1.54) is 18.5 Å². The summed E-state index contributed by atoms with van der Waals surface area (Å²) in [6.07, 6.45) is 7.52. The third kappa shape index (κ3) is 5.01. The molecular formula is C28H40N6O2. The first-order valence-corrected chi connectivity index (χ1v) is 13.4. The number of amides is 1. The number of carbonyl (C=O) groups excluding carboxylic acids is 1. The Morgan fingerprint density at radius 1 is 1.14 bits per heavy atom. The van der Waals surface area contributed by atoms with Crippen LogP contribution in [0.2, 0.25) is 0 Å². The van der Waals surface area contributed by atoms with Crippen LogP contribution in [0, 0.1) is 0 Å².